The number of fused-ring (bicyclic) bond motifs is 1. The fraction of sp³-hybridized carbons (Fsp3) is 0.923. The summed E-state index contributed by atoms with van der Waals surface area (Å²) in [6.45, 7) is 6.30. The van der Waals surface area contributed by atoms with Gasteiger partial charge in [-0.1, -0.05) is 20.3 Å². The van der Waals surface area contributed by atoms with Crippen LogP contribution in [-0.2, 0) is 4.79 Å². The van der Waals surface area contributed by atoms with Crippen molar-refractivity contribution in [2.75, 3.05) is 13.1 Å². The van der Waals surface area contributed by atoms with Gasteiger partial charge in [-0.15, -0.1) is 0 Å². The zero-order valence-corrected chi connectivity index (χ0v) is 10.5. The highest BCUT2D eigenvalue weighted by Crippen LogP contribution is 2.26. The van der Waals surface area contributed by atoms with Crippen LogP contribution in [0.1, 0.15) is 46.0 Å². The summed E-state index contributed by atoms with van der Waals surface area (Å²) in [6.07, 6.45) is 5.69. The second-order valence-corrected chi connectivity index (χ2v) is 5.28. The van der Waals surface area contributed by atoms with E-state index in [0.717, 1.165) is 32.4 Å². The van der Waals surface area contributed by atoms with Crippen molar-refractivity contribution in [1.29, 1.82) is 0 Å². The highest BCUT2D eigenvalue weighted by molar-refractivity contribution is 5.79. The Morgan fingerprint density at radius 1 is 1.50 bits per heavy atom. The zero-order chi connectivity index (χ0) is 11.5. The maximum Gasteiger partial charge on any atom is 0.225 e. The lowest BCUT2D eigenvalue weighted by Crippen LogP contribution is -2.52. The van der Waals surface area contributed by atoms with Crippen LogP contribution >= 0.6 is 0 Å². The molecular weight excluding hydrogens is 200 g/mol. The largest absolute Gasteiger partial charge is 0.338 e. The molecule has 2 aliphatic rings. The van der Waals surface area contributed by atoms with Gasteiger partial charge in [0.25, 0.3) is 0 Å². The third kappa shape index (κ3) is 2.24. The molecule has 16 heavy (non-hydrogen) atoms. The van der Waals surface area contributed by atoms with Gasteiger partial charge in [0.2, 0.25) is 5.91 Å². The molecule has 0 spiro atoms. The molecule has 0 aromatic heterocycles. The Bertz CT molecular complexity index is 254. The van der Waals surface area contributed by atoms with Crippen LogP contribution in [0.3, 0.4) is 0 Å². The van der Waals surface area contributed by atoms with Crippen LogP contribution in [0.25, 0.3) is 0 Å². The molecule has 1 N–H and O–H groups in total. The first-order chi connectivity index (χ1) is 7.74. The van der Waals surface area contributed by atoms with Crippen molar-refractivity contribution < 1.29 is 4.79 Å². The number of hydrogen-bond acceptors (Lipinski definition) is 2. The van der Waals surface area contributed by atoms with Crippen molar-refractivity contribution in [3.63, 3.8) is 0 Å². The van der Waals surface area contributed by atoms with E-state index in [1.54, 1.807) is 0 Å². The molecule has 3 heteroatoms. The van der Waals surface area contributed by atoms with Crippen LogP contribution in [0.5, 0.6) is 0 Å². The maximum atomic E-state index is 12.3. The summed E-state index contributed by atoms with van der Waals surface area (Å²) in [5.41, 5.74) is 0. The number of hydrogen-bond donors (Lipinski definition) is 1. The van der Waals surface area contributed by atoms with Gasteiger partial charge in [0.15, 0.2) is 0 Å². The fourth-order valence-electron chi connectivity index (χ4n) is 3.18. The predicted molar refractivity (Wildman–Crippen MR) is 65.2 cm³/mol. The highest BCUT2D eigenvalue weighted by Gasteiger charge is 2.38. The summed E-state index contributed by atoms with van der Waals surface area (Å²) in [6, 6.07) is 1.06. The van der Waals surface area contributed by atoms with Crippen molar-refractivity contribution in [3.8, 4) is 0 Å². The molecule has 3 unspecified atom stereocenters. The molecule has 2 fully saturated rings. The summed E-state index contributed by atoms with van der Waals surface area (Å²) in [5, 5.41) is 3.52. The Labute approximate surface area is 98.6 Å². The minimum Gasteiger partial charge on any atom is -0.338 e. The monoisotopic (exact) mass is 224 g/mol. The Balaban J connectivity index is 1.99. The molecule has 0 saturated carbocycles. The smallest absolute Gasteiger partial charge is 0.225 e. The number of likely N-dealkylation sites (tertiary alicyclic amines) is 1. The molecule has 2 rings (SSSR count). The Hall–Kier alpha value is -0.570. The van der Waals surface area contributed by atoms with E-state index in [4.69, 9.17) is 0 Å². The Morgan fingerprint density at radius 2 is 2.31 bits per heavy atom. The van der Waals surface area contributed by atoms with Gasteiger partial charge in [-0.25, -0.2) is 0 Å². The molecule has 2 aliphatic heterocycles. The van der Waals surface area contributed by atoms with E-state index in [1.165, 1.54) is 12.8 Å². The van der Waals surface area contributed by atoms with Crippen LogP contribution in [0.2, 0.25) is 0 Å². The SMILES string of the molecule is CCCC(C)C(=O)N1CCCC2NCCC21. The molecule has 2 saturated heterocycles. The predicted octanol–water partition coefficient (Wildman–Crippen LogP) is 1.78. The molecule has 0 radical (unpaired) electrons. The average Bonchev–Trinajstić information content (AvgIpc) is 2.76. The number of carbonyl (C=O) groups is 1. The molecule has 3 atom stereocenters. The van der Waals surface area contributed by atoms with E-state index >= 15 is 0 Å². The van der Waals surface area contributed by atoms with Crippen molar-refractivity contribution in [2.24, 2.45) is 5.92 Å². The lowest BCUT2D eigenvalue weighted by molar-refractivity contribution is -0.139. The summed E-state index contributed by atoms with van der Waals surface area (Å²) < 4.78 is 0. The highest BCUT2D eigenvalue weighted by atomic mass is 16.2. The van der Waals surface area contributed by atoms with E-state index in [0.29, 0.717) is 18.0 Å². The normalized spacial score (nSPS) is 31.2. The van der Waals surface area contributed by atoms with Gasteiger partial charge in [-0.05, 0) is 32.2 Å². The van der Waals surface area contributed by atoms with E-state index in [2.05, 4.69) is 24.1 Å². The van der Waals surface area contributed by atoms with Gasteiger partial charge in [0, 0.05) is 24.5 Å². The molecule has 0 aromatic carbocycles. The van der Waals surface area contributed by atoms with Crippen LogP contribution < -0.4 is 5.32 Å². The van der Waals surface area contributed by atoms with Gasteiger partial charge in [0.05, 0.1) is 0 Å². The first-order valence-corrected chi connectivity index (χ1v) is 6.78. The number of nitrogens with zero attached hydrogens (tertiary/aromatic N) is 1. The summed E-state index contributed by atoms with van der Waals surface area (Å²) in [5.74, 6) is 0.601. The lowest BCUT2D eigenvalue weighted by Gasteiger charge is -2.38. The van der Waals surface area contributed by atoms with Gasteiger partial charge < -0.3 is 10.2 Å². The fourth-order valence-corrected chi connectivity index (χ4v) is 3.18. The van der Waals surface area contributed by atoms with Crippen molar-refractivity contribution >= 4 is 5.91 Å². The van der Waals surface area contributed by atoms with Gasteiger partial charge >= 0.3 is 0 Å². The topological polar surface area (TPSA) is 32.3 Å². The van der Waals surface area contributed by atoms with Crippen LogP contribution in [0.15, 0.2) is 0 Å². The number of nitrogens with one attached hydrogen (secondary N) is 1. The molecule has 92 valence electrons. The third-order valence-corrected chi connectivity index (χ3v) is 4.05. The van der Waals surface area contributed by atoms with Crippen molar-refractivity contribution in [1.82, 2.24) is 10.2 Å². The van der Waals surface area contributed by atoms with Crippen molar-refractivity contribution in [3.05, 3.63) is 0 Å². The van der Waals surface area contributed by atoms with Crippen LogP contribution in [0.4, 0.5) is 0 Å². The number of rotatable bonds is 3. The second kappa shape index (κ2) is 5.17. The molecule has 0 aromatic rings. The van der Waals surface area contributed by atoms with Gasteiger partial charge in [-0.2, -0.15) is 0 Å². The molecular formula is C13H24N2O. The molecule has 0 bridgehead atoms. The number of amides is 1. The number of carbonyl (C=O) groups excluding carboxylic acids is 1. The summed E-state index contributed by atoms with van der Waals surface area (Å²) in [7, 11) is 0. The first-order valence-electron chi connectivity index (χ1n) is 6.78. The first kappa shape index (κ1) is 11.9. The molecule has 2 heterocycles. The second-order valence-electron chi connectivity index (χ2n) is 5.28. The lowest BCUT2D eigenvalue weighted by atomic mass is 9.94. The average molecular weight is 224 g/mol. The van der Waals surface area contributed by atoms with E-state index < -0.39 is 0 Å². The maximum absolute atomic E-state index is 12.3. The Kier molecular flexibility index (Phi) is 3.85. The molecule has 1 amide bonds. The van der Waals surface area contributed by atoms with E-state index in [-0.39, 0.29) is 5.92 Å². The van der Waals surface area contributed by atoms with Crippen LogP contribution in [-0.4, -0.2) is 36.0 Å². The minimum atomic E-state index is 0.212. The van der Waals surface area contributed by atoms with Crippen molar-refractivity contribution in [2.45, 2.75) is 58.0 Å². The van der Waals surface area contributed by atoms with Crippen LogP contribution in [0, 0.1) is 5.92 Å². The summed E-state index contributed by atoms with van der Waals surface area (Å²) in [4.78, 5) is 14.5. The van der Waals surface area contributed by atoms with E-state index in [1.807, 2.05) is 0 Å². The van der Waals surface area contributed by atoms with E-state index in [9.17, 15) is 4.79 Å². The third-order valence-electron chi connectivity index (χ3n) is 4.05. The standard InChI is InChI=1S/C13H24N2O/c1-3-5-10(2)13(16)15-9-4-6-11-12(15)7-8-14-11/h10-12,14H,3-9H2,1-2H3. The zero-order valence-electron chi connectivity index (χ0n) is 10.5. The molecule has 0 aliphatic carbocycles. The quantitative estimate of drug-likeness (QED) is 0.792. The molecule has 3 nitrogen and oxygen atoms in total. The number of piperidine rings is 1. The van der Waals surface area contributed by atoms with Gasteiger partial charge in [0.1, 0.15) is 0 Å². The summed E-state index contributed by atoms with van der Waals surface area (Å²) >= 11 is 0. The minimum absolute atomic E-state index is 0.212. The Morgan fingerprint density at radius 3 is 3.06 bits per heavy atom. The van der Waals surface area contributed by atoms with Gasteiger partial charge in [-0.3, -0.25) is 4.79 Å².